The normalized spacial score (nSPS) is 18.9. The Hall–Kier alpha value is -1.67. The molecule has 3 N–H and O–H groups in total. The van der Waals surface area contributed by atoms with E-state index < -0.39 is 24.0 Å². The standard InChI is InChI=1S/C19H35N3O5/c1-4-7-10-14(16(23)17(24)20-27)18(25)22-13-9-11-15(22)19(26)21(6-3)12-8-5-2/h14-16,23,27H,4-13H2,1-3H3,(H,20,24)/t14-,15+,16+/m1/s1. The summed E-state index contributed by atoms with van der Waals surface area (Å²) >= 11 is 0. The lowest BCUT2D eigenvalue weighted by Gasteiger charge is -2.32. The van der Waals surface area contributed by atoms with Crippen molar-refractivity contribution in [1.29, 1.82) is 0 Å². The summed E-state index contributed by atoms with van der Waals surface area (Å²) in [7, 11) is 0. The van der Waals surface area contributed by atoms with Crippen molar-refractivity contribution >= 4 is 17.7 Å². The summed E-state index contributed by atoms with van der Waals surface area (Å²) < 4.78 is 0. The third-order valence-corrected chi connectivity index (χ3v) is 5.24. The number of carbonyl (C=O) groups excluding carboxylic acids is 3. The van der Waals surface area contributed by atoms with Crippen LogP contribution in [-0.2, 0) is 14.4 Å². The summed E-state index contributed by atoms with van der Waals surface area (Å²) in [6.07, 6.45) is 3.37. The fourth-order valence-corrected chi connectivity index (χ4v) is 3.57. The van der Waals surface area contributed by atoms with Gasteiger partial charge >= 0.3 is 0 Å². The van der Waals surface area contributed by atoms with Gasteiger partial charge in [0.2, 0.25) is 11.8 Å². The predicted octanol–water partition coefficient (Wildman–Crippen LogP) is 1.30. The van der Waals surface area contributed by atoms with Gasteiger partial charge in [-0.05, 0) is 32.6 Å². The van der Waals surface area contributed by atoms with Crippen LogP contribution in [0.15, 0.2) is 0 Å². The van der Waals surface area contributed by atoms with Crippen LogP contribution in [0.2, 0.25) is 0 Å². The molecule has 3 amide bonds. The van der Waals surface area contributed by atoms with Gasteiger partial charge in [-0.3, -0.25) is 19.6 Å². The molecule has 0 saturated carbocycles. The molecule has 156 valence electrons. The van der Waals surface area contributed by atoms with Gasteiger partial charge in [-0.25, -0.2) is 5.48 Å². The van der Waals surface area contributed by atoms with Crippen LogP contribution in [-0.4, -0.2) is 69.6 Å². The van der Waals surface area contributed by atoms with Crippen molar-refractivity contribution < 1.29 is 24.7 Å². The first kappa shape index (κ1) is 23.4. The second-order valence-electron chi connectivity index (χ2n) is 7.13. The Labute approximate surface area is 161 Å². The number of nitrogens with one attached hydrogen (secondary N) is 1. The highest BCUT2D eigenvalue weighted by atomic mass is 16.5. The van der Waals surface area contributed by atoms with E-state index >= 15 is 0 Å². The number of carbonyl (C=O) groups is 3. The smallest absolute Gasteiger partial charge is 0.272 e. The van der Waals surface area contributed by atoms with E-state index in [1.165, 1.54) is 10.4 Å². The number of likely N-dealkylation sites (N-methyl/N-ethyl adjacent to an activating group) is 1. The first-order valence-corrected chi connectivity index (χ1v) is 10.1. The molecule has 0 bridgehead atoms. The summed E-state index contributed by atoms with van der Waals surface area (Å²) in [4.78, 5) is 41.0. The van der Waals surface area contributed by atoms with Crippen LogP contribution < -0.4 is 5.48 Å². The quantitative estimate of drug-likeness (QED) is 0.367. The van der Waals surface area contributed by atoms with Gasteiger partial charge in [0.15, 0.2) is 0 Å². The minimum atomic E-state index is -1.63. The van der Waals surface area contributed by atoms with E-state index in [-0.39, 0.29) is 11.8 Å². The molecule has 1 fully saturated rings. The first-order valence-electron chi connectivity index (χ1n) is 10.1. The van der Waals surface area contributed by atoms with Crippen molar-refractivity contribution in [3.8, 4) is 0 Å². The van der Waals surface area contributed by atoms with Crippen molar-refractivity contribution in [3.63, 3.8) is 0 Å². The Morgan fingerprint density at radius 3 is 2.41 bits per heavy atom. The molecule has 0 unspecified atom stereocenters. The summed E-state index contributed by atoms with van der Waals surface area (Å²) in [6.45, 7) is 7.64. The first-order chi connectivity index (χ1) is 12.9. The van der Waals surface area contributed by atoms with E-state index in [0.29, 0.717) is 38.9 Å². The lowest BCUT2D eigenvalue weighted by Crippen LogP contribution is -2.52. The number of aliphatic hydroxyl groups excluding tert-OH is 1. The number of rotatable bonds is 11. The molecule has 8 heteroatoms. The molecule has 1 heterocycles. The third-order valence-electron chi connectivity index (χ3n) is 5.24. The highest BCUT2D eigenvalue weighted by molar-refractivity contribution is 5.92. The minimum Gasteiger partial charge on any atom is -0.382 e. The average molecular weight is 386 g/mol. The van der Waals surface area contributed by atoms with E-state index in [1.807, 2.05) is 13.8 Å². The Morgan fingerprint density at radius 1 is 1.19 bits per heavy atom. The molecular formula is C19H35N3O5. The molecule has 1 saturated heterocycles. The minimum absolute atomic E-state index is 0.0628. The Bertz CT molecular complexity index is 500. The van der Waals surface area contributed by atoms with Gasteiger partial charge in [-0.15, -0.1) is 0 Å². The molecule has 0 radical (unpaired) electrons. The molecule has 0 aromatic heterocycles. The van der Waals surface area contributed by atoms with Gasteiger partial charge in [0.05, 0.1) is 5.92 Å². The van der Waals surface area contributed by atoms with E-state index in [2.05, 4.69) is 6.92 Å². The molecule has 8 nitrogen and oxygen atoms in total. The number of hydrogen-bond donors (Lipinski definition) is 3. The highest BCUT2D eigenvalue weighted by Gasteiger charge is 2.41. The largest absolute Gasteiger partial charge is 0.382 e. The third kappa shape index (κ3) is 6.17. The zero-order valence-corrected chi connectivity index (χ0v) is 16.8. The number of unbranched alkanes of at least 4 members (excludes halogenated alkanes) is 2. The summed E-state index contributed by atoms with van der Waals surface area (Å²) in [5, 5.41) is 19.0. The lowest BCUT2D eigenvalue weighted by atomic mass is 9.93. The highest BCUT2D eigenvalue weighted by Crippen LogP contribution is 2.25. The molecule has 3 atom stereocenters. The van der Waals surface area contributed by atoms with E-state index in [9.17, 15) is 19.5 Å². The monoisotopic (exact) mass is 385 g/mol. The SMILES string of the molecule is CCCC[C@@H](C(=O)N1CCC[C@H]1C(=O)N(CC)CCCC)[C@H](O)C(=O)NO. The number of likely N-dealkylation sites (tertiary alicyclic amines) is 1. The van der Waals surface area contributed by atoms with Crippen LogP contribution in [0.5, 0.6) is 0 Å². The van der Waals surface area contributed by atoms with Crippen LogP contribution in [0.4, 0.5) is 0 Å². The number of hydrogen-bond acceptors (Lipinski definition) is 5. The molecule has 0 spiro atoms. The molecule has 1 rings (SSSR count). The Balaban J connectivity index is 2.95. The fourth-order valence-electron chi connectivity index (χ4n) is 3.57. The fraction of sp³-hybridized carbons (Fsp3) is 0.842. The maximum absolute atomic E-state index is 13.1. The van der Waals surface area contributed by atoms with E-state index in [4.69, 9.17) is 5.21 Å². The molecule has 27 heavy (non-hydrogen) atoms. The average Bonchev–Trinajstić information content (AvgIpc) is 3.17. The zero-order valence-electron chi connectivity index (χ0n) is 16.8. The van der Waals surface area contributed by atoms with Crippen molar-refractivity contribution in [3.05, 3.63) is 0 Å². The summed E-state index contributed by atoms with van der Waals surface area (Å²) in [6, 6.07) is -0.539. The second kappa shape index (κ2) is 11.9. The van der Waals surface area contributed by atoms with Crippen molar-refractivity contribution in [2.24, 2.45) is 5.92 Å². The molecule has 0 aliphatic carbocycles. The van der Waals surface area contributed by atoms with Crippen LogP contribution in [0.25, 0.3) is 0 Å². The summed E-state index contributed by atoms with van der Waals surface area (Å²) in [5.41, 5.74) is 1.42. The van der Waals surface area contributed by atoms with Crippen LogP contribution in [0.1, 0.15) is 65.7 Å². The number of nitrogens with zero attached hydrogens (tertiary/aromatic N) is 2. The van der Waals surface area contributed by atoms with Crippen molar-refractivity contribution in [2.45, 2.75) is 77.9 Å². The van der Waals surface area contributed by atoms with E-state index in [1.54, 1.807) is 4.90 Å². The Kier molecular flexibility index (Phi) is 10.3. The molecule has 0 aromatic carbocycles. The van der Waals surface area contributed by atoms with Gasteiger partial charge in [0.1, 0.15) is 12.1 Å². The number of hydroxylamine groups is 1. The second-order valence-corrected chi connectivity index (χ2v) is 7.13. The zero-order chi connectivity index (χ0) is 20.4. The molecule has 0 aromatic rings. The van der Waals surface area contributed by atoms with E-state index in [0.717, 1.165) is 25.7 Å². The number of amides is 3. The van der Waals surface area contributed by atoms with Crippen LogP contribution in [0, 0.1) is 5.92 Å². The molecular weight excluding hydrogens is 350 g/mol. The number of aliphatic hydroxyl groups is 1. The van der Waals surface area contributed by atoms with Crippen molar-refractivity contribution in [1.82, 2.24) is 15.3 Å². The van der Waals surface area contributed by atoms with Crippen LogP contribution >= 0.6 is 0 Å². The topological polar surface area (TPSA) is 110 Å². The van der Waals surface area contributed by atoms with Gasteiger partial charge in [-0.1, -0.05) is 33.1 Å². The Morgan fingerprint density at radius 2 is 1.85 bits per heavy atom. The maximum atomic E-state index is 13.1. The lowest BCUT2D eigenvalue weighted by molar-refractivity contribution is -0.154. The van der Waals surface area contributed by atoms with Crippen LogP contribution in [0.3, 0.4) is 0 Å². The van der Waals surface area contributed by atoms with Gasteiger partial charge in [-0.2, -0.15) is 0 Å². The van der Waals surface area contributed by atoms with Crippen molar-refractivity contribution in [2.75, 3.05) is 19.6 Å². The molecule has 1 aliphatic rings. The predicted molar refractivity (Wildman–Crippen MR) is 101 cm³/mol. The molecule has 1 aliphatic heterocycles. The van der Waals surface area contributed by atoms with Gasteiger partial charge < -0.3 is 14.9 Å². The van der Waals surface area contributed by atoms with Gasteiger partial charge in [0, 0.05) is 19.6 Å². The maximum Gasteiger partial charge on any atom is 0.272 e. The van der Waals surface area contributed by atoms with Gasteiger partial charge in [0.25, 0.3) is 5.91 Å². The summed E-state index contributed by atoms with van der Waals surface area (Å²) in [5.74, 6) is -2.41.